The van der Waals surface area contributed by atoms with Crippen LogP contribution in [0.5, 0.6) is 0 Å². The summed E-state index contributed by atoms with van der Waals surface area (Å²) in [6.07, 6.45) is 4.62. The summed E-state index contributed by atoms with van der Waals surface area (Å²) < 4.78 is 0. The molecule has 12 heavy (non-hydrogen) atoms. The number of unbranched alkanes of at least 4 members (excludes halogenated alkanes) is 1. The van der Waals surface area contributed by atoms with E-state index >= 15 is 0 Å². The van der Waals surface area contributed by atoms with Crippen molar-refractivity contribution in [3.05, 3.63) is 0 Å². The van der Waals surface area contributed by atoms with Gasteiger partial charge < -0.3 is 5.11 Å². The quantitative estimate of drug-likeness (QED) is 0.668. The molecule has 0 atom stereocenters. The molecule has 0 aromatic carbocycles. The minimum atomic E-state index is -0.681. The zero-order valence-corrected chi connectivity index (χ0v) is 8.39. The van der Waals surface area contributed by atoms with Crippen LogP contribution in [0.2, 0.25) is 0 Å². The number of carboxylic acid groups (broad SMARTS) is 1. The maximum Gasteiger partial charge on any atom is 0.303 e. The van der Waals surface area contributed by atoms with Crippen LogP contribution in [-0.2, 0) is 4.79 Å². The summed E-state index contributed by atoms with van der Waals surface area (Å²) in [7, 11) is 0. The zero-order valence-electron chi connectivity index (χ0n) is 8.39. The predicted octanol–water partition coefficient (Wildman–Crippen LogP) is 3.07. The Morgan fingerprint density at radius 3 is 2.33 bits per heavy atom. The van der Waals surface area contributed by atoms with Crippen LogP contribution in [-0.4, -0.2) is 11.1 Å². The fourth-order valence-electron chi connectivity index (χ4n) is 1.23. The fourth-order valence-corrected chi connectivity index (χ4v) is 1.23. The zero-order chi connectivity index (χ0) is 9.61. The van der Waals surface area contributed by atoms with E-state index in [4.69, 9.17) is 5.11 Å². The summed E-state index contributed by atoms with van der Waals surface area (Å²) in [6.45, 7) is 6.45. The summed E-state index contributed by atoms with van der Waals surface area (Å²) in [5.74, 6) is -0.681. The fraction of sp³-hybridized carbons (Fsp3) is 0.900. The second kappa shape index (κ2) is 5.18. The molecule has 0 aliphatic heterocycles. The number of rotatable bonds is 6. The van der Waals surface area contributed by atoms with Crippen molar-refractivity contribution in [2.45, 2.75) is 52.9 Å². The third-order valence-corrected chi connectivity index (χ3v) is 2.22. The number of hydrogen-bond donors (Lipinski definition) is 1. The van der Waals surface area contributed by atoms with Gasteiger partial charge in [0, 0.05) is 6.42 Å². The van der Waals surface area contributed by atoms with E-state index in [2.05, 4.69) is 20.8 Å². The minimum Gasteiger partial charge on any atom is -0.481 e. The molecule has 0 bridgehead atoms. The highest BCUT2D eigenvalue weighted by atomic mass is 16.4. The molecule has 0 fully saturated rings. The molecule has 1 N–H and O–H groups in total. The first-order valence-electron chi connectivity index (χ1n) is 4.70. The maximum atomic E-state index is 10.3. The number of aliphatic carboxylic acids is 1. The van der Waals surface area contributed by atoms with Gasteiger partial charge in [0.1, 0.15) is 0 Å². The van der Waals surface area contributed by atoms with Crippen molar-refractivity contribution in [3.63, 3.8) is 0 Å². The highest BCUT2D eigenvalue weighted by Gasteiger charge is 2.17. The molecule has 0 radical (unpaired) electrons. The second-order valence-electron chi connectivity index (χ2n) is 4.16. The van der Waals surface area contributed by atoms with Gasteiger partial charge in [-0.25, -0.2) is 0 Å². The molecule has 0 rings (SSSR count). The number of carboxylic acids is 1. The average Bonchev–Trinajstić information content (AvgIpc) is 1.98. The van der Waals surface area contributed by atoms with Crippen LogP contribution in [0.1, 0.15) is 52.9 Å². The first-order chi connectivity index (χ1) is 5.48. The van der Waals surface area contributed by atoms with E-state index in [1.807, 2.05) is 0 Å². The van der Waals surface area contributed by atoms with E-state index in [0.717, 1.165) is 12.8 Å². The van der Waals surface area contributed by atoms with Crippen LogP contribution in [0.3, 0.4) is 0 Å². The maximum absolute atomic E-state index is 10.3. The first-order valence-corrected chi connectivity index (χ1v) is 4.70. The minimum absolute atomic E-state index is 0.203. The van der Waals surface area contributed by atoms with Crippen molar-refractivity contribution >= 4 is 5.97 Å². The van der Waals surface area contributed by atoms with Gasteiger partial charge in [-0.3, -0.25) is 4.79 Å². The van der Waals surface area contributed by atoms with Crippen molar-refractivity contribution in [1.29, 1.82) is 0 Å². The molecule has 0 aromatic heterocycles. The van der Waals surface area contributed by atoms with E-state index in [1.54, 1.807) is 0 Å². The van der Waals surface area contributed by atoms with Gasteiger partial charge in [0.2, 0.25) is 0 Å². The predicted molar refractivity (Wildman–Crippen MR) is 50.2 cm³/mol. The standard InChI is InChI=1S/C10H20O2/c1-4-5-7-10(2,3)8-6-9(11)12/h4-8H2,1-3H3,(H,11,12). The third-order valence-electron chi connectivity index (χ3n) is 2.22. The lowest BCUT2D eigenvalue weighted by molar-refractivity contribution is -0.137. The van der Waals surface area contributed by atoms with Gasteiger partial charge in [-0.15, -0.1) is 0 Å². The molecule has 0 saturated carbocycles. The highest BCUT2D eigenvalue weighted by Crippen LogP contribution is 2.28. The topological polar surface area (TPSA) is 37.3 Å². The lowest BCUT2D eigenvalue weighted by Gasteiger charge is -2.23. The highest BCUT2D eigenvalue weighted by molar-refractivity contribution is 5.66. The van der Waals surface area contributed by atoms with Gasteiger partial charge in [0.25, 0.3) is 0 Å². The Labute approximate surface area is 75.0 Å². The second-order valence-corrected chi connectivity index (χ2v) is 4.16. The van der Waals surface area contributed by atoms with Gasteiger partial charge in [-0.1, -0.05) is 33.6 Å². The average molecular weight is 172 g/mol. The van der Waals surface area contributed by atoms with E-state index in [1.165, 1.54) is 12.8 Å². The summed E-state index contributed by atoms with van der Waals surface area (Å²) in [5.41, 5.74) is 0.203. The molecule has 2 heteroatoms. The Morgan fingerprint density at radius 2 is 1.92 bits per heavy atom. The molecule has 0 spiro atoms. The molecule has 72 valence electrons. The normalized spacial score (nSPS) is 11.6. The molecule has 0 aliphatic rings. The summed E-state index contributed by atoms with van der Waals surface area (Å²) in [6, 6.07) is 0. The Balaban J connectivity index is 3.63. The van der Waals surface area contributed by atoms with E-state index < -0.39 is 5.97 Å². The number of carbonyl (C=O) groups is 1. The molecule has 2 nitrogen and oxygen atoms in total. The van der Waals surface area contributed by atoms with Crippen LogP contribution in [0.15, 0.2) is 0 Å². The monoisotopic (exact) mass is 172 g/mol. The molecule has 0 saturated heterocycles. The van der Waals surface area contributed by atoms with Gasteiger partial charge in [-0.05, 0) is 18.3 Å². The van der Waals surface area contributed by atoms with Crippen LogP contribution >= 0.6 is 0 Å². The smallest absolute Gasteiger partial charge is 0.303 e. The molecule has 0 amide bonds. The van der Waals surface area contributed by atoms with Gasteiger partial charge in [0.05, 0.1) is 0 Å². The van der Waals surface area contributed by atoms with Crippen LogP contribution in [0, 0.1) is 5.41 Å². The Bertz CT molecular complexity index is 139. The van der Waals surface area contributed by atoms with Crippen LogP contribution < -0.4 is 0 Å². The Morgan fingerprint density at radius 1 is 1.33 bits per heavy atom. The number of hydrogen-bond acceptors (Lipinski definition) is 1. The largest absolute Gasteiger partial charge is 0.481 e. The summed E-state index contributed by atoms with van der Waals surface area (Å²) in [4.78, 5) is 10.3. The van der Waals surface area contributed by atoms with Gasteiger partial charge >= 0.3 is 5.97 Å². The molecule has 0 aliphatic carbocycles. The molecular formula is C10H20O2. The van der Waals surface area contributed by atoms with E-state index in [9.17, 15) is 4.79 Å². The van der Waals surface area contributed by atoms with Crippen molar-refractivity contribution in [2.24, 2.45) is 5.41 Å². The van der Waals surface area contributed by atoms with Crippen molar-refractivity contribution in [2.75, 3.05) is 0 Å². The lowest BCUT2D eigenvalue weighted by Crippen LogP contribution is -2.13. The Hall–Kier alpha value is -0.530. The summed E-state index contributed by atoms with van der Waals surface area (Å²) >= 11 is 0. The first kappa shape index (κ1) is 11.5. The van der Waals surface area contributed by atoms with Crippen molar-refractivity contribution in [3.8, 4) is 0 Å². The van der Waals surface area contributed by atoms with Gasteiger partial charge in [0.15, 0.2) is 0 Å². The lowest BCUT2D eigenvalue weighted by atomic mass is 9.83. The SMILES string of the molecule is CCCCC(C)(C)CCC(=O)O. The van der Waals surface area contributed by atoms with Crippen molar-refractivity contribution in [1.82, 2.24) is 0 Å². The van der Waals surface area contributed by atoms with E-state index in [0.29, 0.717) is 6.42 Å². The summed E-state index contributed by atoms with van der Waals surface area (Å²) in [5, 5.41) is 8.50. The molecule has 0 heterocycles. The molecule has 0 unspecified atom stereocenters. The third kappa shape index (κ3) is 6.20. The molecular weight excluding hydrogens is 152 g/mol. The van der Waals surface area contributed by atoms with Gasteiger partial charge in [-0.2, -0.15) is 0 Å². The van der Waals surface area contributed by atoms with Crippen molar-refractivity contribution < 1.29 is 9.90 Å². The van der Waals surface area contributed by atoms with E-state index in [-0.39, 0.29) is 5.41 Å². The van der Waals surface area contributed by atoms with Crippen LogP contribution in [0.25, 0.3) is 0 Å². The molecule has 0 aromatic rings. The van der Waals surface area contributed by atoms with Crippen LogP contribution in [0.4, 0.5) is 0 Å². The Kier molecular flexibility index (Phi) is 4.95.